The molecule has 0 aliphatic rings. The molecule has 4 nitrogen and oxygen atoms in total. The van der Waals surface area contributed by atoms with Crippen molar-refractivity contribution in [2.45, 2.75) is 27.7 Å². The third-order valence-electron chi connectivity index (χ3n) is 5.16. The van der Waals surface area contributed by atoms with Gasteiger partial charge in [-0.15, -0.1) is 45.3 Å². The van der Waals surface area contributed by atoms with Gasteiger partial charge in [0.15, 0.2) is 0 Å². The summed E-state index contributed by atoms with van der Waals surface area (Å²) in [6.07, 6.45) is 0. The average Bonchev–Trinajstić information content (AvgIpc) is 3.50. The molecule has 0 N–H and O–H groups in total. The second kappa shape index (κ2) is 8.36. The van der Waals surface area contributed by atoms with Crippen LogP contribution in [0.15, 0.2) is 12.1 Å². The van der Waals surface area contributed by atoms with Gasteiger partial charge in [-0.05, 0) is 62.1 Å². The van der Waals surface area contributed by atoms with Crippen molar-refractivity contribution in [2.75, 3.05) is 0 Å². The van der Waals surface area contributed by atoms with Crippen molar-refractivity contribution in [1.29, 1.82) is 21.0 Å². The minimum absolute atomic E-state index is 0.156. The summed E-state index contributed by atoms with van der Waals surface area (Å²) in [6, 6.07) is 12.1. The monoisotopic (exact) mass is 486 g/mol. The van der Waals surface area contributed by atoms with Crippen LogP contribution >= 0.6 is 45.3 Å². The summed E-state index contributed by atoms with van der Waals surface area (Å²) >= 11 is 6.46. The lowest BCUT2D eigenvalue weighted by Crippen LogP contribution is -2.00. The predicted octanol–water partition coefficient (Wildman–Crippen LogP) is 5.29. The Hall–Kier alpha value is -3.24. The van der Waals surface area contributed by atoms with Crippen molar-refractivity contribution in [3.8, 4) is 24.3 Å². The summed E-state index contributed by atoms with van der Waals surface area (Å²) in [5, 5.41) is 37.0. The lowest BCUT2D eigenvalue weighted by Gasteiger charge is -1.84. The highest BCUT2D eigenvalue weighted by Crippen LogP contribution is 2.37. The van der Waals surface area contributed by atoms with Crippen LogP contribution in [0.4, 0.5) is 0 Å². The van der Waals surface area contributed by atoms with Gasteiger partial charge < -0.3 is 0 Å². The van der Waals surface area contributed by atoms with Gasteiger partial charge in [0, 0.05) is 27.5 Å². The van der Waals surface area contributed by atoms with E-state index < -0.39 is 0 Å². The zero-order chi connectivity index (χ0) is 23.2. The molecule has 4 aromatic heterocycles. The van der Waals surface area contributed by atoms with Crippen molar-refractivity contribution in [3.63, 3.8) is 0 Å². The maximum Gasteiger partial charge on any atom is 0.147 e. The Morgan fingerprint density at radius 2 is 0.938 bits per heavy atom. The van der Waals surface area contributed by atoms with Crippen molar-refractivity contribution in [1.82, 2.24) is 0 Å². The second-order valence-electron chi connectivity index (χ2n) is 7.21. The molecule has 0 atom stereocenters. The van der Waals surface area contributed by atoms with Crippen LogP contribution in [-0.2, 0) is 0 Å². The maximum atomic E-state index is 9.25. The summed E-state index contributed by atoms with van der Waals surface area (Å²) in [6.45, 7) is 8.10. The Bertz CT molecular complexity index is 1740. The summed E-state index contributed by atoms with van der Waals surface area (Å²) in [4.78, 5) is 0. The van der Waals surface area contributed by atoms with Crippen molar-refractivity contribution < 1.29 is 0 Å². The summed E-state index contributed by atoms with van der Waals surface area (Å²) in [5.74, 6) is 0. The number of fused-ring (bicyclic) bond motifs is 1. The number of nitriles is 4. The first-order valence-electron chi connectivity index (χ1n) is 9.43. The van der Waals surface area contributed by atoms with Gasteiger partial charge in [0.25, 0.3) is 0 Å². The molecule has 0 aliphatic carbocycles. The quantitative estimate of drug-likeness (QED) is 0.337. The molecule has 0 aliphatic heterocycles. The lowest BCUT2D eigenvalue weighted by molar-refractivity contribution is 1.46. The zero-order valence-corrected chi connectivity index (χ0v) is 20.8. The number of hydrogen-bond donors (Lipinski definition) is 0. The number of rotatable bonds is 0. The van der Waals surface area contributed by atoms with Gasteiger partial charge in [-0.1, -0.05) is 0 Å². The fourth-order valence-corrected chi connectivity index (χ4v) is 8.91. The Balaban J connectivity index is 2.13. The Morgan fingerprint density at radius 1 is 0.594 bits per heavy atom. The van der Waals surface area contributed by atoms with Crippen molar-refractivity contribution in [2.24, 2.45) is 0 Å². The van der Waals surface area contributed by atoms with Gasteiger partial charge in [-0.3, -0.25) is 0 Å². The molecule has 4 heterocycles. The van der Waals surface area contributed by atoms with E-state index in [4.69, 9.17) is 0 Å². The van der Waals surface area contributed by atoms with E-state index in [2.05, 4.69) is 26.0 Å². The first-order chi connectivity index (χ1) is 15.3. The topological polar surface area (TPSA) is 95.2 Å². The van der Waals surface area contributed by atoms with Crippen LogP contribution in [0.25, 0.3) is 20.5 Å². The Kier molecular flexibility index (Phi) is 5.74. The first-order valence-corrected chi connectivity index (χ1v) is 12.7. The van der Waals surface area contributed by atoms with E-state index >= 15 is 0 Å². The highest BCUT2D eigenvalue weighted by atomic mass is 32.1. The van der Waals surface area contributed by atoms with Crippen LogP contribution in [0.1, 0.15) is 22.3 Å². The smallest absolute Gasteiger partial charge is 0.147 e. The molecule has 0 bridgehead atoms. The van der Waals surface area contributed by atoms with Crippen LogP contribution in [0.3, 0.4) is 0 Å². The van der Waals surface area contributed by atoms with Gasteiger partial charge in [0.2, 0.25) is 0 Å². The molecule has 0 amide bonds. The lowest BCUT2D eigenvalue weighted by atomic mass is 10.2. The third kappa shape index (κ3) is 3.35. The molecule has 154 valence electrons. The largest absolute Gasteiger partial charge is 0.192 e. The highest BCUT2D eigenvalue weighted by Gasteiger charge is 2.13. The van der Waals surface area contributed by atoms with Crippen LogP contribution in [-0.4, -0.2) is 0 Å². The Morgan fingerprint density at radius 3 is 1.25 bits per heavy atom. The number of aryl methyl sites for hydroxylation is 4. The molecular weight excluding hydrogens is 473 g/mol. The normalized spacial score (nSPS) is 12.6. The SMILES string of the molecule is Cc1c/c(=c2/sc3c(C)/c(=c4/cc(C)c(=C(C#N)C#N)s4)sc3c2C)sc1=C(C#N)C#N. The van der Waals surface area contributed by atoms with Gasteiger partial charge in [-0.2, -0.15) is 21.0 Å². The molecule has 0 saturated heterocycles. The van der Waals surface area contributed by atoms with E-state index in [1.807, 2.05) is 38.1 Å². The predicted molar refractivity (Wildman–Crippen MR) is 131 cm³/mol. The first kappa shape index (κ1) is 22.0. The molecule has 0 radical (unpaired) electrons. The molecule has 0 unspecified atom stereocenters. The van der Waals surface area contributed by atoms with Crippen LogP contribution in [0.5, 0.6) is 0 Å². The molecule has 32 heavy (non-hydrogen) atoms. The van der Waals surface area contributed by atoms with Gasteiger partial charge in [-0.25, -0.2) is 0 Å². The fourth-order valence-electron chi connectivity index (χ4n) is 3.56. The standard InChI is InChI=1S/C24H14N4S4/c1-11-5-17(29-19(11)15(7-25)8-26)21-13(3)23-24(31-21)14(4)22(32-23)18-6-12(2)20(30-18)16(9-27)10-28/h5-6H,1-4H3/b21-17-,22-18+. The summed E-state index contributed by atoms with van der Waals surface area (Å²) in [5.41, 5.74) is 4.59. The zero-order valence-electron chi connectivity index (χ0n) is 17.6. The highest BCUT2D eigenvalue weighted by molar-refractivity contribution is 7.27. The molecule has 0 spiro atoms. The van der Waals surface area contributed by atoms with Crippen LogP contribution in [0.2, 0.25) is 0 Å². The average molecular weight is 487 g/mol. The third-order valence-corrected chi connectivity index (χ3v) is 11.0. The molecular formula is C24H14N4S4. The van der Waals surface area contributed by atoms with E-state index in [1.54, 1.807) is 22.7 Å². The van der Waals surface area contributed by atoms with Crippen LogP contribution in [0, 0.1) is 91.1 Å². The molecule has 0 aromatic carbocycles. The number of thiophene rings is 4. The van der Waals surface area contributed by atoms with Gasteiger partial charge >= 0.3 is 0 Å². The van der Waals surface area contributed by atoms with E-state index in [0.29, 0.717) is 0 Å². The summed E-state index contributed by atoms with van der Waals surface area (Å²) < 4.78 is 8.42. The molecule has 0 fully saturated rings. The number of hydrogen-bond acceptors (Lipinski definition) is 8. The fraction of sp³-hybridized carbons (Fsp3) is 0.167. The minimum atomic E-state index is 0.156. The molecule has 0 saturated carbocycles. The van der Waals surface area contributed by atoms with Gasteiger partial charge in [0.1, 0.15) is 35.4 Å². The maximum absolute atomic E-state index is 9.25. The van der Waals surface area contributed by atoms with Gasteiger partial charge in [0.05, 0.1) is 9.06 Å². The van der Waals surface area contributed by atoms with Crippen molar-refractivity contribution in [3.05, 3.63) is 61.6 Å². The minimum Gasteiger partial charge on any atom is -0.192 e. The number of nitrogens with zero attached hydrogens (tertiary/aromatic N) is 4. The van der Waals surface area contributed by atoms with Crippen molar-refractivity contribution >= 4 is 65.9 Å². The van der Waals surface area contributed by atoms with E-state index in [1.165, 1.54) is 52.3 Å². The Labute approximate surface area is 199 Å². The van der Waals surface area contributed by atoms with E-state index in [0.717, 1.165) is 29.3 Å². The molecule has 4 rings (SSSR count). The second-order valence-corrected chi connectivity index (χ2v) is 11.4. The summed E-state index contributed by atoms with van der Waals surface area (Å²) in [7, 11) is 0. The molecule has 8 heteroatoms. The van der Waals surface area contributed by atoms with E-state index in [9.17, 15) is 21.0 Å². The molecule has 4 aromatic rings. The van der Waals surface area contributed by atoms with Crippen LogP contribution < -0.4 is 9.06 Å². The van der Waals surface area contributed by atoms with E-state index in [-0.39, 0.29) is 11.1 Å².